The third-order valence-electron chi connectivity index (χ3n) is 3.20. The van der Waals surface area contributed by atoms with Crippen molar-refractivity contribution in [3.05, 3.63) is 17.0 Å². The topological polar surface area (TPSA) is 83.6 Å². The van der Waals surface area contributed by atoms with Crippen molar-refractivity contribution in [1.29, 1.82) is 0 Å². The summed E-state index contributed by atoms with van der Waals surface area (Å²) in [5.41, 5.74) is 0.885. The number of aromatic nitrogens is 1. The molecule has 98 valence electrons. The van der Waals surface area contributed by atoms with Crippen LogP contribution in [0.15, 0.2) is 4.52 Å². The van der Waals surface area contributed by atoms with Gasteiger partial charge >= 0.3 is 5.97 Å². The average molecular weight is 252 g/mol. The Bertz CT molecular complexity index is 471. The summed E-state index contributed by atoms with van der Waals surface area (Å²) in [5, 5.41) is 12.8. The van der Waals surface area contributed by atoms with Crippen molar-refractivity contribution in [2.75, 3.05) is 0 Å². The monoisotopic (exact) mass is 252 g/mol. The summed E-state index contributed by atoms with van der Waals surface area (Å²) < 4.78 is 4.96. The number of amides is 1. The van der Waals surface area contributed by atoms with Crippen molar-refractivity contribution in [3.8, 4) is 0 Å². The molecule has 1 saturated carbocycles. The first kappa shape index (κ1) is 12.6. The Balaban J connectivity index is 2.32. The maximum Gasteiger partial charge on any atom is 0.326 e. The van der Waals surface area contributed by atoms with Crippen LogP contribution in [0, 0.1) is 13.8 Å². The molecule has 1 atom stereocenters. The van der Waals surface area contributed by atoms with Crippen molar-refractivity contribution < 1.29 is 19.2 Å². The Labute approximate surface area is 105 Å². The molecule has 0 aliphatic heterocycles. The van der Waals surface area contributed by atoms with E-state index in [1.54, 1.807) is 13.8 Å². The minimum absolute atomic E-state index is 0.0253. The van der Waals surface area contributed by atoms with Gasteiger partial charge in [0.2, 0.25) is 0 Å². The van der Waals surface area contributed by atoms with E-state index in [1.807, 2.05) is 0 Å². The van der Waals surface area contributed by atoms with E-state index in [2.05, 4.69) is 5.16 Å². The molecule has 0 spiro atoms. The minimum Gasteiger partial charge on any atom is -0.480 e. The molecule has 1 aromatic heterocycles. The quantitative estimate of drug-likeness (QED) is 0.874. The first-order valence-electron chi connectivity index (χ1n) is 5.91. The molecule has 0 aromatic carbocycles. The summed E-state index contributed by atoms with van der Waals surface area (Å²) >= 11 is 0. The molecule has 6 heteroatoms. The molecule has 1 aliphatic rings. The first-order chi connectivity index (χ1) is 8.43. The third-order valence-corrected chi connectivity index (χ3v) is 3.20. The molecule has 1 N–H and O–H groups in total. The Morgan fingerprint density at radius 1 is 1.44 bits per heavy atom. The Hall–Kier alpha value is -1.85. The summed E-state index contributed by atoms with van der Waals surface area (Å²) in [7, 11) is 0. The van der Waals surface area contributed by atoms with Gasteiger partial charge in [0.1, 0.15) is 17.4 Å². The predicted octanol–water partition coefficient (Wildman–Crippen LogP) is 1.37. The fourth-order valence-corrected chi connectivity index (χ4v) is 2.05. The molecule has 1 fully saturated rings. The van der Waals surface area contributed by atoms with E-state index in [9.17, 15) is 9.59 Å². The van der Waals surface area contributed by atoms with Crippen molar-refractivity contribution in [2.45, 2.75) is 45.7 Å². The molecule has 2 rings (SSSR count). The summed E-state index contributed by atoms with van der Waals surface area (Å²) in [6, 6.07) is -0.809. The summed E-state index contributed by atoms with van der Waals surface area (Å²) in [4.78, 5) is 24.9. The van der Waals surface area contributed by atoms with Gasteiger partial charge < -0.3 is 14.5 Å². The van der Waals surface area contributed by atoms with E-state index in [0.717, 1.165) is 12.8 Å². The lowest BCUT2D eigenvalue weighted by molar-refractivity contribution is -0.141. The van der Waals surface area contributed by atoms with Crippen molar-refractivity contribution >= 4 is 11.9 Å². The van der Waals surface area contributed by atoms with Crippen LogP contribution in [0.4, 0.5) is 0 Å². The summed E-state index contributed by atoms with van der Waals surface area (Å²) in [6.45, 7) is 4.86. The maximum atomic E-state index is 12.4. The number of hydrogen-bond donors (Lipinski definition) is 1. The largest absolute Gasteiger partial charge is 0.480 e. The van der Waals surface area contributed by atoms with Crippen LogP contribution in [0.5, 0.6) is 0 Å². The van der Waals surface area contributed by atoms with Gasteiger partial charge in [0.25, 0.3) is 5.91 Å². The second kappa shape index (κ2) is 4.44. The third kappa shape index (κ3) is 2.10. The van der Waals surface area contributed by atoms with Crippen molar-refractivity contribution in [3.63, 3.8) is 0 Å². The molecule has 1 aromatic rings. The van der Waals surface area contributed by atoms with Gasteiger partial charge in [0.15, 0.2) is 0 Å². The van der Waals surface area contributed by atoms with Crippen LogP contribution < -0.4 is 0 Å². The van der Waals surface area contributed by atoms with E-state index >= 15 is 0 Å². The number of aryl methyl sites for hydroxylation is 2. The zero-order valence-electron chi connectivity index (χ0n) is 10.6. The molecule has 1 heterocycles. The number of carbonyl (C=O) groups is 2. The zero-order chi connectivity index (χ0) is 13.4. The van der Waals surface area contributed by atoms with Gasteiger partial charge in [-0.3, -0.25) is 4.79 Å². The highest BCUT2D eigenvalue weighted by atomic mass is 16.5. The fourth-order valence-electron chi connectivity index (χ4n) is 2.05. The summed E-state index contributed by atoms with van der Waals surface area (Å²) in [5.74, 6) is -0.869. The van der Waals surface area contributed by atoms with Gasteiger partial charge in [0, 0.05) is 6.04 Å². The highest BCUT2D eigenvalue weighted by Gasteiger charge is 2.40. The maximum absolute atomic E-state index is 12.4. The number of carbonyl (C=O) groups excluding carboxylic acids is 1. The first-order valence-corrected chi connectivity index (χ1v) is 5.91. The zero-order valence-corrected chi connectivity index (χ0v) is 10.6. The number of carboxylic acids is 1. The lowest BCUT2D eigenvalue weighted by Crippen LogP contribution is -2.45. The molecule has 0 radical (unpaired) electrons. The molecule has 18 heavy (non-hydrogen) atoms. The van der Waals surface area contributed by atoms with E-state index in [4.69, 9.17) is 9.63 Å². The summed E-state index contributed by atoms with van der Waals surface area (Å²) in [6.07, 6.45) is 1.71. The fraction of sp³-hybridized carbons (Fsp3) is 0.583. The Kier molecular flexibility index (Phi) is 3.11. The van der Waals surface area contributed by atoms with Gasteiger partial charge in [-0.1, -0.05) is 5.16 Å². The second-order valence-corrected chi connectivity index (χ2v) is 4.66. The Morgan fingerprint density at radius 2 is 2.06 bits per heavy atom. The highest BCUT2D eigenvalue weighted by molar-refractivity contribution is 5.98. The lowest BCUT2D eigenvalue weighted by Gasteiger charge is -2.26. The van der Waals surface area contributed by atoms with Crippen molar-refractivity contribution in [1.82, 2.24) is 10.1 Å². The number of aliphatic carboxylic acids is 1. The molecule has 0 saturated heterocycles. The van der Waals surface area contributed by atoms with Crippen LogP contribution in [0.2, 0.25) is 0 Å². The van der Waals surface area contributed by atoms with E-state index < -0.39 is 12.0 Å². The number of nitrogens with zero attached hydrogens (tertiary/aromatic N) is 2. The minimum atomic E-state index is -0.998. The van der Waals surface area contributed by atoms with Crippen molar-refractivity contribution in [2.24, 2.45) is 0 Å². The highest BCUT2D eigenvalue weighted by Crippen LogP contribution is 2.31. The standard InChI is InChI=1S/C12H16N2O4/c1-6-10(8(3)18-13-6)11(15)14(9-4-5-9)7(2)12(16)17/h7,9H,4-5H2,1-3H3,(H,16,17). The van der Waals surface area contributed by atoms with Crippen LogP contribution >= 0.6 is 0 Å². The molecule has 1 aliphatic carbocycles. The van der Waals surface area contributed by atoms with Crippen LogP contribution in [0.3, 0.4) is 0 Å². The van der Waals surface area contributed by atoms with Crippen LogP contribution in [0.25, 0.3) is 0 Å². The van der Waals surface area contributed by atoms with Crippen LogP contribution in [-0.2, 0) is 4.79 Å². The molecule has 0 bridgehead atoms. The SMILES string of the molecule is Cc1noc(C)c1C(=O)N(C1CC1)C(C)C(=O)O. The van der Waals surface area contributed by atoms with Crippen LogP contribution in [0.1, 0.15) is 41.6 Å². The number of rotatable bonds is 4. The van der Waals surface area contributed by atoms with E-state index in [1.165, 1.54) is 11.8 Å². The normalized spacial score (nSPS) is 16.4. The average Bonchev–Trinajstić information content (AvgIpc) is 3.05. The predicted molar refractivity (Wildman–Crippen MR) is 62.3 cm³/mol. The van der Waals surface area contributed by atoms with Gasteiger partial charge in [-0.25, -0.2) is 4.79 Å². The smallest absolute Gasteiger partial charge is 0.326 e. The number of hydrogen-bond acceptors (Lipinski definition) is 4. The Morgan fingerprint density at radius 3 is 2.44 bits per heavy atom. The van der Waals surface area contributed by atoms with Crippen LogP contribution in [-0.4, -0.2) is 39.1 Å². The van der Waals surface area contributed by atoms with Gasteiger partial charge in [0.05, 0.1) is 5.69 Å². The lowest BCUT2D eigenvalue weighted by atomic mass is 10.1. The molecule has 6 nitrogen and oxygen atoms in total. The molecule has 1 amide bonds. The molecular formula is C12H16N2O4. The second-order valence-electron chi connectivity index (χ2n) is 4.66. The number of carboxylic acid groups (broad SMARTS) is 1. The molecule has 1 unspecified atom stereocenters. The molecular weight excluding hydrogens is 236 g/mol. The van der Waals surface area contributed by atoms with Gasteiger partial charge in [-0.2, -0.15) is 0 Å². The van der Waals surface area contributed by atoms with Gasteiger partial charge in [-0.05, 0) is 33.6 Å². The van der Waals surface area contributed by atoms with E-state index in [-0.39, 0.29) is 11.9 Å². The van der Waals surface area contributed by atoms with Gasteiger partial charge in [-0.15, -0.1) is 0 Å². The van der Waals surface area contributed by atoms with E-state index in [0.29, 0.717) is 17.0 Å².